The van der Waals surface area contributed by atoms with Crippen LogP contribution in [0.25, 0.3) is 0 Å². The van der Waals surface area contributed by atoms with Crippen LogP contribution in [-0.2, 0) is 5.41 Å². The molecule has 2 aliphatic rings. The molecule has 1 N–H and O–H groups in total. The number of anilines is 1. The quantitative estimate of drug-likeness (QED) is 0.806. The normalized spacial score (nSPS) is 29.9. The Morgan fingerprint density at radius 2 is 2.21 bits per heavy atom. The van der Waals surface area contributed by atoms with E-state index in [0.717, 1.165) is 12.5 Å². The third-order valence-electron chi connectivity index (χ3n) is 3.72. The van der Waals surface area contributed by atoms with Gasteiger partial charge in [-0.25, -0.2) is 0 Å². The lowest BCUT2D eigenvalue weighted by Crippen LogP contribution is -2.26. The summed E-state index contributed by atoms with van der Waals surface area (Å²) in [7, 11) is 0. The fourth-order valence-corrected chi connectivity index (χ4v) is 2.96. The highest BCUT2D eigenvalue weighted by molar-refractivity contribution is 9.10. The van der Waals surface area contributed by atoms with E-state index in [9.17, 15) is 0 Å². The lowest BCUT2D eigenvalue weighted by Gasteiger charge is -2.23. The number of rotatable bonds is 1. The van der Waals surface area contributed by atoms with Gasteiger partial charge >= 0.3 is 0 Å². The van der Waals surface area contributed by atoms with Gasteiger partial charge in [0.05, 0.1) is 0 Å². The van der Waals surface area contributed by atoms with Crippen LogP contribution in [0.1, 0.15) is 25.3 Å². The highest BCUT2D eigenvalue weighted by Gasteiger charge is 2.46. The topological polar surface area (TPSA) is 12.0 Å². The van der Waals surface area contributed by atoms with E-state index in [1.54, 1.807) is 0 Å². The first-order chi connectivity index (χ1) is 6.70. The van der Waals surface area contributed by atoms with Crippen molar-refractivity contribution in [3.05, 3.63) is 28.2 Å². The Balaban J connectivity index is 2.11. The van der Waals surface area contributed by atoms with Gasteiger partial charge in [-0.3, -0.25) is 0 Å². The molecule has 1 saturated carbocycles. The predicted octanol–water partition coefficient (Wildman–Crippen LogP) is 3.54. The first kappa shape index (κ1) is 8.78. The van der Waals surface area contributed by atoms with Gasteiger partial charge in [0.15, 0.2) is 0 Å². The Morgan fingerprint density at radius 3 is 2.93 bits per heavy atom. The maximum absolute atomic E-state index is 3.56. The van der Waals surface area contributed by atoms with E-state index in [1.165, 1.54) is 28.6 Å². The van der Waals surface area contributed by atoms with Crippen molar-refractivity contribution >= 4 is 21.6 Å². The number of nitrogens with one attached hydrogen (secondary N) is 1. The second-order valence-corrected chi connectivity index (χ2v) is 5.65. The fourth-order valence-electron chi connectivity index (χ4n) is 2.60. The Morgan fingerprint density at radius 1 is 1.43 bits per heavy atom. The van der Waals surface area contributed by atoms with E-state index >= 15 is 0 Å². The smallest absolute Gasteiger partial charge is 0.0380 e. The van der Waals surface area contributed by atoms with Crippen molar-refractivity contribution in [1.82, 2.24) is 0 Å². The number of hydrogen-bond acceptors (Lipinski definition) is 1. The summed E-state index contributed by atoms with van der Waals surface area (Å²) in [5.41, 5.74) is 3.23. The van der Waals surface area contributed by atoms with Gasteiger partial charge in [0.25, 0.3) is 0 Å². The lowest BCUT2D eigenvalue weighted by molar-refractivity contribution is 0.452. The SMILES string of the molecule is CC1(C2CC2)CNc2ccc(Br)cc21. The van der Waals surface area contributed by atoms with Gasteiger partial charge in [-0.15, -0.1) is 0 Å². The second kappa shape index (κ2) is 2.75. The molecular weight excluding hydrogens is 238 g/mol. The number of halogens is 1. The molecule has 0 aromatic heterocycles. The molecular formula is C12H14BrN. The fraction of sp³-hybridized carbons (Fsp3) is 0.500. The van der Waals surface area contributed by atoms with Gasteiger partial charge in [0.1, 0.15) is 0 Å². The van der Waals surface area contributed by atoms with Crippen LogP contribution in [0.2, 0.25) is 0 Å². The summed E-state index contributed by atoms with van der Waals surface area (Å²) in [5, 5.41) is 3.52. The van der Waals surface area contributed by atoms with Crippen molar-refractivity contribution in [2.75, 3.05) is 11.9 Å². The van der Waals surface area contributed by atoms with Crippen LogP contribution in [0.4, 0.5) is 5.69 Å². The van der Waals surface area contributed by atoms with Crippen molar-refractivity contribution in [2.24, 2.45) is 5.92 Å². The Labute approximate surface area is 93.0 Å². The standard InChI is InChI=1S/C12H14BrN/c1-12(8-2-3-8)7-14-11-5-4-9(13)6-10(11)12/h4-6,8,14H,2-3,7H2,1H3. The molecule has 2 heteroatoms. The van der Waals surface area contributed by atoms with Gasteiger partial charge in [0, 0.05) is 22.1 Å². The van der Waals surface area contributed by atoms with Crippen molar-refractivity contribution in [3.8, 4) is 0 Å². The number of benzene rings is 1. The van der Waals surface area contributed by atoms with E-state index in [-0.39, 0.29) is 0 Å². The van der Waals surface area contributed by atoms with E-state index in [1.807, 2.05) is 0 Å². The van der Waals surface area contributed by atoms with E-state index in [0.29, 0.717) is 5.41 Å². The Hall–Kier alpha value is -0.500. The molecule has 0 saturated heterocycles. The maximum Gasteiger partial charge on any atom is 0.0380 e. The minimum Gasteiger partial charge on any atom is -0.384 e. The Kier molecular flexibility index (Phi) is 1.73. The summed E-state index contributed by atoms with van der Waals surface area (Å²) in [4.78, 5) is 0. The lowest BCUT2D eigenvalue weighted by atomic mass is 9.80. The molecule has 0 bridgehead atoms. The average molecular weight is 252 g/mol. The zero-order valence-corrected chi connectivity index (χ0v) is 9.89. The molecule has 1 aromatic carbocycles. The largest absolute Gasteiger partial charge is 0.384 e. The van der Waals surface area contributed by atoms with Crippen LogP contribution in [0, 0.1) is 5.92 Å². The van der Waals surface area contributed by atoms with Gasteiger partial charge in [-0.05, 0) is 42.5 Å². The van der Waals surface area contributed by atoms with Gasteiger partial charge in [-0.2, -0.15) is 0 Å². The molecule has 1 aliphatic heterocycles. The van der Waals surface area contributed by atoms with Crippen LogP contribution in [-0.4, -0.2) is 6.54 Å². The zero-order valence-electron chi connectivity index (χ0n) is 8.31. The summed E-state index contributed by atoms with van der Waals surface area (Å²) >= 11 is 3.56. The van der Waals surface area contributed by atoms with Gasteiger partial charge < -0.3 is 5.32 Å². The van der Waals surface area contributed by atoms with Crippen LogP contribution in [0.3, 0.4) is 0 Å². The van der Waals surface area contributed by atoms with E-state index in [4.69, 9.17) is 0 Å². The minimum absolute atomic E-state index is 0.388. The van der Waals surface area contributed by atoms with Gasteiger partial charge in [0.2, 0.25) is 0 Å². The zero-order chi connectivity index (χ0) is 9.76. The molecule has 1 unspecified atom stereocenters. The summed E-state index contributed by atoms with van der Waals surface area (Å²) in [6.07, 6.45) is 2.81. The molecule has 3 rings (SSSR count). The molecule has 1 aliphatic carbocycles. The van der Waals surface area contributed by atoms with Crippen molar-refractivity contribution in [3.63, 3.8) is 0 Å². The minimum atomic E-state index is 0.388. The summed E-state index contributed by atoms with van der Waals surface area (Å²) in [6, 6.07) is 6.59. The van der Waals surface area contributed by atoms with Crippen LogP contribution in [0.5, 0.6) is 0 Å². The highest BCUT2D eigenvalue weighted by Crippen LogP contribution is 2.52. The van der Waals surface area contributed by atoms with Crippen LogP contribution < -0.4 is 5.32 Å². The molecule has 0 spiro atoms. The molecule has 0 amide bonds. The van der Waals surface area contributed by atoms with Crippen LogP contribution >= 0.6 is 15.9 Å². The summed E-state index contributed by atoms with van der Waals surface area (Å²) < 4.78 is 1.20. The molecule has 1 nitrogen and oxygen atoms in total. The highest BCUT2D eigenvalue weighted by atomic mass is 79.9. The first-order valence-corrected chi connectivity index (χ1v) is 6.03. The number of hydrogen-bond donors (Lipinski definition) is 1. The molecule has 1 aromatic rings. The molecule has 1 atom stereocenters. The summed E-state index contributed by atoms with van der Waals surface area (Å²) in [5.74, 6) is 0.908. The van der Waals surface area contributed by atoms with Crippen molar-refractivity contribution in [1.29, 1.82) is 0 Å². The molecule has 1 fully saturated rings. The maximum atomic E-state index is 3.56. The van der Waals surface area contributed by atoms with Crippen molar-refractivity contribution < 1.29 is 0 Å². The van der Waals surface area contributed by atoms with Gasteiger partial charge in [-0.1, -0.05) is 22.9 Å². The monoisotopic (exact) mass is 251 g/mol. The van der Waals surface area contributed by atoms with Crippen molar-refractivity contribution in [2.45, 2.75) is 25.2 Å². The third kappa shape index (κ3) is 1.13. The average Bonchev–Trinajstić information content (AvgIpc) is 2.95. The molecule has 1 heterocycles. The number of fused-ring (bicyclic) bond motifs is 1. The molecule has 74 valence electrons. The molecule has 0 radical (unpaired) electrons. The van der Waals surface area contributed by atoms with Crippen LogP contribution in [0.15, 0.2) is 22.7 Å². The second-order valence-electron chi connectivity index (χ2n) is 4.74. The third-order valence-corrected chi connectivity index (χ3v) is 4.21. The Bertz CT molecular complexity index is 384. The van der Waals surface area contributed by atoms with E-state index in [2.05, 4.69) is 46.4 Å². The van der Waals surface area contributed by atoms with E-state index < -0.39 is 0 Å². The molecule has 14 heavy (non-hydrogen) atoms. The predicted molar refractivity (Wildman–Crippen MR) is 62.7 cm³/mol. The first-order valence-electron chi connectivity index (χ1n) is 5.24. The summed E-state index contributed by atoms with van der Waals surface area (Å²) in [6.45, 7) is 3.51.